The van der Waals surface area contributed by atoms with Gasteiger partial charge >= 0.3 is 5.97 Å². The summed E-state index contributed by atoms with van der Waals surface area (Å²) in [5.41, 5.74) is -0.128. The van der Waals surface area contributed by atoms with Crippen molar-refractivity contribution in [1.82, 2.24) is 14.9 Å². The lowest BCUT2D eigenvalue weighted by Crippen LogP contribution is -2.34. The van der Waals surface area contributed by atoms with Crippen LogP contribution in [0.1, 0.15) is 27.4 Å². The van der Waals surface area contributed by atoms with Gasteiger partial charge in [0.25, 0.3) is 5.91 Å². The van der Waals surface area contributed by atoms with Gasteiger partial charge in [0, 0.05) is 18.8 Å². The first-order chi connectivity index (χ1) is 8.20. The van der Waals surface area contributed by atoms with E-state index in [2.05, 4.69) is 9.97 Å². The van der Waals surface area contributed by atoms with E-state index in [1.807, 2.05) is 0 Å². The number of hydrogen-bond acceptors (Lipinski definition) is 4. The number of nitrogens with one attached hydrogen (secondary N) is 1. The van der Waals surface area contributed by atoms with Gasteiger partial charge in [0.15, 0.2) is 11.4 Å². The van der Waals surface area contributed by atoms with Crippen LogP contribution in [0.4, 0.5) is 0 Å². The van der Waals surface area contributed by atoms with Crippen LogP contribution in [0.2, 0.25) is 0 Å². The Morgan fingerprint density at radius 1 is 1.41 bits per heavy atom. The SMILES string of the molecule is O=C(O)c1[nH]cnc1C(=O)N1CCCSCC1. The molecule has 1 aliphatic rings. The fourth-order valence-corrected chi connectivity index (χ4v) is 2.61. The number of carboxylic acid groups (broad SMARTS) is 1. The molecule has 1 aliphatic heterocycles. The third-order valence-corrected chi connectivity index (χ3v) is 3.61. The second kappa shape index (κ2) is 5.22. The van der Waals surface area contributed by atoms with Gasteiger partial charge in [-0.25, -0.2) is 9.78 Å². The highest BCUT2D eigenvalue weighted by Crippen LogP contribution is 2.13. The molecule has 0 radical (unpaired) electrons. The third-order valence-electron chi connectivity index (χ3n) is 2.57. The number of nitrogens with zero attached hydrogens (tertiary/aromatic N) is 2. The normalized spacial score (nSPS) is 16.6. The minimum absolute atomic E-state index is 0.00407. The maximum absolute atomic E-state index is 12.1. The predicted molar refractivity (Wildman–Crippen MR) is 63.4 cm³/mol. The van der Waals surface area contributed by atoms with Crippen LogP contribution in [-0.4, -0.2) is 56.4 Å². The molecule has 7 heteroatoms. The van der Waals surface area contributed by atoms with Crippen LogP contribution >= 0.6 is 11.8 Å². The lowest BCUT2D eigenvalue weighted by Gasteiger charge is -2.18. The van der Waals surface area contributed by atoms with Gasteiger partial charge in [-0.1, -0.05) is 0 Å². The lowest BCUT2D eigenvalue weighted by atomic mass is 10.2. The predicted octanol–water partition coefficient (Wildman–Crippen LogP) is 0.687. The van der Waals surface area contributed by atoms with Crippen molar-refractivity contribution in [2.45, 2.75) is 6.42 Å². The van der Waals surface area contributed by atoms with Crippen LogP contribution in [0, 0.1) is 0 Å². The van der Waals surface area contributed by atoms with Gasteiger partial charge in [0.1, 0.15) is 0 Å². The Kier molecular flexibility index (Phi) is 3.68. The molecule has 92 valence electrons. The Labute approximate surface area is 102 Å². The molecular weight excluding hydrogens is 242 g/mol. The van der Waals surface area contributed by atoms with Gasteiger partial charge in [0.05, 0.1) is 6.33 Å². The molecule has 2 rings (SSSR count). The number of aromatic carboxylic acids is 1. The highest BCUT2D eigenvalue weighted by atomic mass is 32.2. The van der Waals surface area contributed by atoms with Crippen LogP contribution < -0.4 is 0 Å². The first-order valence-corrected chi connectivity index (χ1v) is 6.49. The zero-order chi connectivity index (χ0) is 12.3. The van der Waals surface area contributed by atoms with Crippen LogP contribution in [0.3, 0.4) is 0 Å². The first kappa shape index (κ1) is 12.0. The molecule has 0 unspecified atom stereocenters. The molecule has 0 atom stereocenters. The summed E-state index contributed by atoms with van der Waals surface area (Å²) in [7, 11) is 0. The summed E-state index contributed by atoms with van der Waals surface area (Å²) in [5.74, 6) is 0.468. The van der Waals surface area contributed by atoms with E-state index in [9.17, 15) is 9.59 Å². The van der Waals surface area contributed by atoms with E-state index in [1.165, 1.54) is 6.33 Å². The highest BCUT2D eigenvalue weighted by Gasteiger charge is 2.24. The Morgan fingerprint density at radius 3 is 3.00 bits per heavy atom. The molecule has 1 fully saturated rings. The molecule has 17 heavy (non-hydrogen) atoms. The molecule has 0 spiro atoms. The zero-order valence-corrected chi connectivity index (χ0v) is 10.00. The van der Waals surface area contributed by atoms with Gasteiger partial charge < -0.3 is 15.0 Å². The average molecular weight is 255 g/mol. The number of imidazole rings is 1. The smallest absolute Gasteiger partial charge is 0.354 e. The van der Waals surface area contributed by atoms with E-state index >= 15 is 0 Å². The Hall–Kier alpha value is -1.50. The van der Waals surface area contributed by atoms with Crippen molar-refractivity contribution in [2.75, 3.05) is 24.6 Å². The number of thioether (sulfide) groups is 1. The summed E-state index contributed by atoms with van der Waals surface area (Å²) in [5, 5.41) is 8.91. The summed E-state index contributed by atoms with van der Waals surface area (Å²) in [6.45, 7) is 1.31. The van der Waals surface area contributed by atoms with E-state index in [0.717, 1.165) is 17.9 Å². The number of aromatic amines is 1. The molecule has 1 amide bonds. The van der Waals surface area contributed by atoms with Gasteiger partial charge in [-0.3, -0.25) is 4.79 Å². The van der Waals surface area contributed by atoms with Crippen molar-refractivity contribution < 1.29 is 14.7 Å². The second-order valence-electron chi connectivity index (χ2n) is 3.69. The van der Waals surface area contributed by atoms with Crippen molar-refractivity contribution in [3.05, 3.63) is 17.7 Å². The maximum atomic E-state index is 12.1. The molecule has 0 aliphatic carbocycles. The first-order valence-electron chi connectivity index (χ1n) is 5.34. The van der Waals surface area contributed by atoms with Crippen molar-refractivity contribution in [3.63, 3.8) is 0 Å². The minimum Gasteiger partial charge on any atom is -0.477 e. The maximum Gasteiger partial charge on any atom is 0.354 e. The van der Waals surface area contributed by atoms with E-state index in [0.29, 0.717) is 13.1 Å². The average Bonchev–Trinajstić information content (AvgIpc) is 2.64. The summed E-state index contributed by atoms with van der Waals surface area (Å²) in [6, 6.07) is 0. The fraction of sp³-hybridized carbons (Fsp3) is 0.500. The topological polar surface area (TPSA) is 86.3 Å². The molecule has 1 saturated heterocycles. The molecule has 2 heterocycles. The van der Waals surface area contributed by atoms with E-state index in [4.69, 9.17) is 5.11 Å². The molecule has 6 nitrogen and oxygen atoms in total. The number of H-pyrrole nitrogens is 1. The monoisotopic (exact) mass is 255 g/mol. The summed E-state index contributed by atoms with van der Waals surface area (Å²) in [4.78, 5) is 31.0. The van der Waals surface area contributed by atoms with Crippen molar-refractivity contribution in [1.29, 1.82) is 0 Å². The van der Waals surface area contributed by atoms with Crippen LogP contribution in [0.5, 0.6) is 0 Å². The van der Waals surface area contributed by atoms with Gasteiger partial charge in [-0.05, 0) is 12.2 Å². The molecule has 2 N–H and O–H groups in total. The Morgan fingerprint density at radius 2 is 2.24 bits per heavy atom. The largest absolute Gasteiger partial charge is 0.477 e. The standard InChI is InChI=1S/C10H13N3O3S/c14-9(13-2-1-4-17-5-3-13)7-8(10(15)16)12-6-11-7/h6H,1-5H2,(H,11,12)(H,15,16). The number of carbonyl (C=O) groups excluding carboxylic acids is 1. The number of aromatic nitrogens is 2. The number of rotatable bonds is 2. The van der Waals surface area contributed by atoms with Crippen molar-refractivity contribution in [3.8, 4) is 0 Å². The van der Waals surface area contributed by atoms with Crippen LogP contribution in [0.25, 0.3) is 0 Å². The van der Waals surface area contributed by atoms with E-state index in [-0.39, 0.29) is 17.3 Å². The quantitative estimate of drug-likeness (QED) is 0.812. The second-order valence-corrected chi connectivity index (χ2v) is 4.91. The molecule has 0 bridgehead atoms. The number of carboxylic acids is 1. The zero-order valence-electron chi connectivity index (χ0n) is 9.18. The summed E-state index contributed by atoms with van der Waals surface area (Å²) < 4.78 is 0. The van der Waals surface area contributed by atoms with E-state index in [1.54, 1.807) is 16.7 Å². The van der Waals surface area contributed by atoms with Crippen molar-refractivity contribution >= 4 is 23.6 Å². The van der Waals surface area contributed by atoms with Crippen LogP contribution in [-0.2, 0) is 0 Å². The molecule has 0 aromatic carbocycles. The Balaban J connectivity index is 2.17. The number of hydrogen-bond donors (Lipinski definition) is 2. The molecule has 1 aromatic heterocycles. The molecule has 1 aromatic rings. The third kappa shape index (κ3) is 2.60. The summed E-state index contributed by atoms with van der Waals surface area (Å²) in [6.07, 6.45) is 2.17. The fourth-order valence-electron chi connectivity index (χ4n) is 1.72. The molecule has 0 saturated carbocycles. The van der Waals surface area contributed by atoms with Crippen LogP contribution in [0.15, 0.2) is 6.33 Å². The van der Waals surface area contributed by atoms with E-state index < -0.39 is 5.97 Å². The Bertz CT molecular complexity index is 424. The van der Waals surface area contributed by atoms with Gasteiger partial charge in [-0.15, -0.1) is 0 Å². The molecular formula is C10H13N3O3S. The number of carbonyl (C=O) groups is 2. The minimum atomic E-state index is -1.16. The van der Waals surface area contributed by atoms with Crippen molar-refractivity contribution in [2.24, 2.45) is 0 Å². The number of amides is 1. The summed E-state index contributed by atoms with van der Waals surface area (Å²) >= 11 is 1.81. The highest BCUT2D eigenvalue weighted by molar-refractivity contribution is 7.99. The van der Waals surface area contributed by atoms with Gasteiger partial charge in [0.2, 0.25) is 0 Å². The lowest BCUT2D eigenvalue weighted by molar-refractivity contribution is 0.0671. The van der Waals surface area contributed by atoms with Gasteiger partial charge in [-0.2, -0.15) is 11.8 Å².